The predicted molar refractivity (Wildman–Crippen MR) is 98.5 cm³/mol. The quantitative estimate of drug-likeness (QED) is 0.222. The Morgan fingerprint density at radius 2 is 2.00 bits per heavy atom. The zero-order chi connectivity index (χ0) is 21.4. The number of allylic oxidation sites excluding steroid dienone is 1. The first-order chi connectivity index (χ1) is 13.7. The zero-order valence-electron chi connectivity index (χ0n) is 15.6. The summed E-state index contributed by atoms with van der Waals surface area (Å²) >= 11 is 0. The van der Waals surface area contributed by atoms with Crippen LogP contribution in [0, 0.1) is 0 Å². The van der Waals surface area contributed by atoms with Gasteiger partial charge in [0.15, 0.2) is 12.3 Å². The molecule has 2 aromatic rings. The lowest BCUT2D eigenvalue weighted by atomic mass is 10.2. The largest absolute Gasteiger partial charge is 0.499 e. The van der Waals surface area contributed by atoms with Crippen molar-refractivity contribution in [3.63, 3.8) is 0 Å². The molecule has 0 aliphatic carbocycles. The van der Waals surface area contributed by atoms with Crippen molar-refractivity contribution < 1.29 is 37.4 Å². The minimum absolute atomic E-state index is 0.0216. The Balaban J connectivity index is 1.91. The van der Waals surface area contributed by atoms with E-state index in [1.54, 1.807) is 12.1 Å². The second-order valence-corrected chi connectivity index (χ2v) is 5.66. The maximum Gasteiger partial charge on any atom is 0.416 e. The van der Waals surface area contributed by atoms with Crippen LogP contribution in [0.5, 0.6) is 5.75 Å². The number of oxime groups is 1. The minimum Gasteiger partial charge on any atom is -0.499 e. The smallest absolute Gasteiger partial charge is 0.416 e. The maximum absolute atomic E-state index is 12.7. The van der Waals surface area contributed by atoms with Gasteiger partial charge in [-0.3, -0.25) is 0 Å². The number of alkyl halides is 3. The van der Waals surface area contributed by atoms with Gasteiger partial charge in [0.05, 0.1) is 24.6 Å². The summed E-state index contributed by atoms with van der Waals surface area (Å²) in [6, 6.07) is 7.76. The van der Waals surface area contributed by atoms with Crippen molar-refractivity contribution in [3.8, 4) is 5.75 Å². The molecule has 0 amide bonds. The fourth-order valence-corrected chi connectivity index (χ4v) is 2.33. The summed E-state index contributed by atoms with van der Waals surface area (Å²) in [6.07, 6.45) is -1.61. The van der Waals surface area contributed by atoms with Crippen LogP contribution in [-0.4, -0.2) is 42.2 Å². The molecule has 7 nitrogen and oxygen atoms in total. The minimum atomic E-state index is -4.44. The number of methoxy groups -OCH3 is 1. The zero-order valence-corrected chi connectivity index (χ0v) is 15.6. The third-order valence-electron chi connectivity index (χ3n) is 3.73. The van der Waals surface area contributed by atoms with Gasteiger partial charge in [0, 0.05) is 6.20 Å². The van der Waals surface area contributed by atoms with Gasteiger partial charge in [0.1, 0.15) is 18.1 Å². The van der Waals surface area contributed by atoms with Gasteiger partial charge in [-0.05, 0) is 37.3 Å². The summed E-state index contributed by atoms with van der Waals surface area (Å²) in [6.45, 7) is 1.47. The molecular weight excluding hydrogens is 393 g/mol. The number of halogens is 3. The average Bonchev–Trinajstić information content (AvgIpc) is 3.11. The Hall–Kier alpha value is -3.43. The van der Waals surface area contributed by atoms with Crippen molar-refractivity contribution in [1.29, 1.82) is 0 Å². The van der Waals surface area contributed by atoms with E-state index in [1.807, 2.05) is 0 Å². The molecule has 29 heavy (non-hydrogen) atoms. The number of carboxylic acid groups (broad SMARTS) is 1. The Bertz CT molecular complexity index is 903. The van der Waals surface area contributed by atoms with Gasteiger partial charge in [-0.15, -0.1) is 0 Å². The highest BCUT2D eigenvalue weighted by Crippen LogP contribution is 2.31. The molecular formula is C19H19F3N2O5. The molecule has 0 atom stereocenters. The molecule has 0 saturated carbocycles. The molecule has 0 bridgehead atoms. The van der Waals surface area contributed by atoms with E-state index >= 15 is 0 Å². The molecule has 156 valence electrons. The van der Waals surface area contributed by atoms with Crippen molar-refractivity contribution in [1.82, 2.24) is 4.57 Å². The van der Waals surface area contributed by atoms with E-state index in [9.17, 15) is 23.1 Å². The van der Waals surface area contributed by atoms with Crippen LogP contribution in [0.3, 0.4) is 0 Å². The summed E-state index contributed by atoms with van der Waals surface area (Å²) in [7, 11) is 1.36. The number of hydrogen-bond donors (Lipinski definition) is 1. The van der Waals surface area contributed by atoms with Crippen molar-refractivity contribution in [2.75, 3.05) is 20.3 Å². The molecule has 1 aromatic carbocycles. The van der Waals surface area contributed by atoms with Crippen LogP contribution in [0.25, 0.3) is 5.70 Å². The number of aliphatic carboxylic acids is 1. The molecule has 2 rings (SSSR count). The average molecular weight is 412 g/mol. The van der Waals surface area contributed by atoms with Crippen LogP contribution in [0.1, 0.15) is 18.2 Å². The normalized spacial score (nSPS) is 12.6. The molecule has 0 radical (unpaired) electrons. The molecule has 0 aliphatic rings. The number of carbonyl (C=O) groups is 1. The monoisotopic (exact) mass is 412 g/mol. The van der Waals surface area contributed by atoms with Gasteiger partial charge in [-0.2, -0.15) is 13.2 Å². The molecule has 1 heterocycles. The lowest BCUT2D eigenvalue weighted by Crippen LogP contribution is -2.12. The third kappa shape index (κ3) is 6.03. The standard InChI is InChI=1S/C19H19F3N2O5/c1-13(27-2)17(18(25)26)24-8-4-6-15(24)12-23-29-10-9-28-16-7-3-5-14(11-16)19(20,21)22/h3-8,11-12H,9-10H2,1-2H3,(H,25,26)/b17-13-,23-12?. The fraction of sp³-hybridized carbons (Fsp3) is 0.263. The van der Waals surface area contributed by atoms with Crippen LogP contribution >= 0.6 is 0 Å². The number of carboxylic acids is 1. The molecule has 10 heteroatoms. The third-order valence-corrected chi connectivity index (χ3v) is 3.73. The van der Waals surface area contributed by atoms with Crippen molar-refractivity contribution in [3.05, 3.63) is 59.6 Å². The van der Waals surface area contributed by atoms with E-state index in [0.29, 0.717) is 5.69 Å². The molecule has 1 aromatic heterocycles. The summed E-state index contributed by atoms with van der Waals surface area (Å²) in [4.78, 5) is 16.5. The molecule has 0 aliphatic heterocycles. The number of nitrogens with zero attached hydrogens (tertiary/aromatic N) is 2. The van der Waals surface area contributed by atoms with Crippen molar-refractivity contribution in [2.45, 2.75) is 13.1 Å². The van der Waals surface area contributed by atoms with E-state index in [1.165, 1.54) is 43.1 Å². The number of hydrogen-bond acceptors (Lipinski definition) is 5. The lowest BCUT2D eigenvalue weighted by Gasteiger charge is -2.10. The molecule has 1 N–H and O–H groups in total. The highest BCUT2D eigenvalue weighted by molar-refractivity contribution is 6.10. The van der Waals surface area contributed by atoms with E-state index in [2.05, 4.69) is 5.16 Å². The predicted octanol–water partition coefficient (Wildman–Crippen LogP) is 3.86. The topological polar surface area (TPSA) is 82.3 Å². The summed E-state index contributed by atoms with van der Waals surface area (Å²) in [5.74, 6) is -0.906. The number of rotatable bonds is 9. The van der Waals surface area contributed by atoms with Crippen LogP contribution in [0.15, 0.2) is 53.5 Å². The second kappa shape index (κ2) is 9.67. The first-order valence-corrected chi connectivity index (χ1v) is 8.35. The fourth-order valence-electron chi connectivity index (χ4n) is 2.33. The van der Waals surface area contributed by atoms with Crippen LogP contribution in [0.2, 0.25) is 0 Å². The molecule has 0 saturated heterocycles. The van der Waals surface area contributed by atoms with Gasteiger partial charge >= 0.3 is 12.1 Å². The van der Waals surface area contributed by atoms with Crippen molar-refractivity contribution in [2.24, 2.45) is 5.16 Å². The van der Waals surface area contributed by atoms with Crippen LogP contribution < -0.4 is 4.74 Å². The summed E-state index contributed by atoms with van der Waals surface area (Å²) < 4.78 is 49.5. The lowest BCUT2D eigenvalue weighted by molar-refractivity contribution is -0.137. The van der Waals surface area contributed by atoms with E-state index in [0.717, 1.165) is 12.1 Å². The highest BCUT2D eigenvalue weighted by Gasteiger charge is 2.30. The number of benzene rings is 1. The maximum atomic E-state index is 12.7. The molecule has 0 fully saturated rings. The molecule has 0 unspecified atom stereocenters. The van der Waals surface area contributed by atoms with Crippen LogP contribution in [-0.2, 0) is 20.5 Å². The Morgan fingerprint density at radius 3 is 2.66 bits per heavy atom. The van der Waals surface area contributed by atoms with Gasteiger partial charge in [-0.25, -0.2) is 4.79 Å². The second-order valence-electron chi connectivity index (χ2n) is 5.66. The Kier molecular flexibility index (Phi) is 7.29. The summed E-state index contributed by atoms with van der Waals surface area (Å²) in [5, 5.41) is 13.1. The van der Waals surface area contributed by atoms with E-state index < -0.39 is 17.7 Å². The molecule has 0 spiro atoms. The van der Waals surface area contributed by atoms with Gasteiger partial charge in [0.25, 0.3) is 0 Å². The first-order valence-electron chi connectivity index (χ1n) is 8.35. The Labute approximate surface area is 164 Å². The van der Waals surface area contributed by atoms with E-state index in [-0.39, 0.29) is 30.4 Å². The van der Waals surface area contributed by atoms with Crippen LogP contribution in [0.4, 0.5) is 13.2 Å². The Morgan fingerprint density at radius 1 is 1.24 bits per heavy atom. The van der Waals surface area contributed by atoms with E-state index in [4.69, 9.17) is 14.3 Å². The number of ether oxygens (including phenoxy) is 2. The summed E-state index contributed by atoms with van der Waals surface area (Å²) in [5.41, 5.74) is -0.451. The van der Waals surface area contributed by atoms with Gasteiger partial charge in [0.2, 0.25) is 0 Å². The first kappa shape index (κ1) is 21.9. The SMILES string of the molecule is CO/C(C)=C(/C(=O)O)n1cccc1C=NOCCOc1cccc(C(F)(F)F)c1. The highest BCUT2D eigenvalue weighted by atomic mass is 19.4. The number of aromatic nitrogens is 1. The van der Waals surface area contributed by atoms with Gasteiger partial charge in [-0.1, -0.05) is 11.2 Å². The van der Waals surface area contributed by atoms with Gasteiger partial charge < -0.3 is 24.0 Å². The van der Waals surface area contributed by atoms with Crippen molar-refractivity contribution >= 4 is 17.9 Å².